The molecule has 2 heterocycles. The smallest absolute Gasteiger partial charge is 0.280 e. The van der Waals surface area contributed by atoms with E-state index in [1.807, 2.05) is 13.8 Å². The first kappa shape index (κ1) is 20.0. The molecule has 1 aromatic heterocycles. The first-order chi connectivity index (χ1) is 12.6. The number of halogens is 5. The van der Waals surface area contributed by atoms with Crippen LogP contribution in [-0.2, 0) is 0 Å². The van der Waals surface area contributed by atoms with Gasteiger partial charge in [0.2, 0.25) is 0 Å². The fraction of sp³-hybridized carbons (Fsp3) is 0.368. The second-order valence-corrected chi connectivity index (χ2v) is 8.10. The molecule has 0 radical (unpaired) electrons. The van der Waals surface area contributed by atoms with Crippen LogP contribution in [0.4, 0.5) is 18.9 Å². The molecule has 0 aliphatic carbocycles. The van der Waals surface area contributed by atoms with Crippen LogP contribution in [0.1, 0.15) is 42.7 Å². The molecule has 0 atom stereocenters. The van der Waals surface area contributed by atoms with Crippen molar-refractivity contribution in [3.63, 3.8) is 0 Å². The number of rotatable bonds is 4. The maximum atomic E-state index is 14.8. The zero-order valence-corrected chi connectivity index (χ0v) is 16.5. The van der Waals surface area contributed by atoms with Gasteiger partial charge in [-0.3, -0.25) is 9.98 Å². The van der Waals surface area contributed by atoms with Gasteiger partial charge in [-0.15, -0.1) is 23.2 Å². The van der Waals surface area contributed by atoms with Crippen molar-refractivity contribution in [2.45, 2.75) is 37.7 Å². The van der Waals surface area contributed by atoms with E-state index in [0.29, 0.717) is 28.1 Å². The maximum absolute atomic E-state index is 14.8. The number of anilines is 1. The summed E-state index contributed by atoms with van der Waals surface area (Å²) >= 11 is 11.9. The Morgan fingerprint density at radius 2 is 1.93 bits per heavy atom. The van der Waals surface area contributed by atoms with E-state index < -0.39 is 22.7 Å². The Morgan fingerprint density at radius 1 is 1.22 bits per heavy atom. The second kappa shape index (κ2) is 7.32. The van der Waals surface area contributed by atoms with E-state index in [0.717, 1.165) is 0 Å². The lowest BCUT2D eigenvalue weighted by Gasteiger charge is -2.43. The first-order valence-electron chi connectivity index (χ1n) is 8.31. The van der Waals surface area contributed by atoms with E-state index in [1.165, 1.54) is 12.3 Å². The number of benzene rings is 1. The van der Waals surface area contributed by atoms with Gasteiger partial charge in [0.05, 0.1) is 17.9 Å². The van der Waals surface area contributed by atoms with Gasteiger partial charge in [-0.25, -0.2) is 13.2 Å². The van der Waals surface area contributed by atoms with Crippen LogP contribution in [0.25, 0.3) is 0 Å². The van der Waals surface area contributed by atoms with Crippen LogP contribution < -0.4 is 4.90 Å². The summed E-state index contributed by atoms with van der Waals surface area (Å²) in [7, 11) is 0. The third-order valence-corrected chi connectivity index (χ3v) is 4.75. The summed E-state index contributed by atoms with van der Waals surface area (Å²) in [6.07, 6.45) is -1.31. The van der Waals surface area contributed by atoms with Crippen LogP contribution in [-0.4, -0.2) is 27.7 Å². The highest BCUT2D eigenvalue weighted by Crippen LogP contribution is 2.38. The predicted octanol–water partition coefficient (Wildman–Crippen LogP) is 5.66. The number of nitrogens with zero attached hydrogens (tertiary/aromatic N) is 3. The monoisotopic (exact) mass is 415 g/mol. The van der Waals surface area contributed by atoms with Crippen molar-refractivity contribution in [1.82, 2.24) is 4.98 Å². The molecule has 0 saturated carbocycles. The topological polar surface area (TPSA) is 28.5 Å². The van der Waals surface area contributed by atoms with Crippen LogP contribution in [0, 0.1) is 12.7 Å². The largest absolute Gasteiger partial charge is 0.342 e. The van der Waals surface area contributed by atoms with Crippen LogP contribution in [0.15, 0.2) is 35.5 Å². The quantitative estimate of drug-likeness (QED) is 0.602. The number of pyridine rings is 1. The average molecular weight is 416 g/mol. The first-order valence-corrected chi connectivity index (χ1v) is 9.18. The van der Waals surface area contributed by atoms with Crippen molar-refractivity contribution in [2.24, 2.45) is 4.99 Å². The summed E-state index contributed by atoms with van der Waals surface area (Å²) < 4.78 is 40.8. The lowest BCUT2D eigenvalue weighted by molar-refractivity contribution is 0.145. The summed E-state index contributed by atoms with van der Waals surface area (Å²) in [5, 5.41) is 0. The predicted molar refractivity (Wildman–Crippen MR) is 103 cm³/mol. The van der Waals surface area contributed by atoms with E-state index >= 15 is 0 Å². The van der Waals surface area contributed by atoms with E-state index in [9.17, 15) is 13.2 Å². The van der Waals surface area contributed by atoms with E-state index in [4.69, 9.17) is 28.2 Å². The molecule has 8 heteroatoms. The summed E-state index contributed by atoms with van der Waals surface area (Å²) in [4.78, 5) is 9.61. The fourth-order valence-corrected chi connectivity index (χ4v) is 3.54. The summed E-state index contributed by atoms with van der Waals surface area (Å²) in [5.41, 5.74) is 1.13. The molecule has 1 aliphatic heterocycles. The van der Waals surface area contributed by atoms with E-state index in [1.54, 1.807) is 30.0 Å². The Balaban J connectivity index is 2.19. The number of para-hydroxylation sites is 1. The Kier molecular flexibility index (Phi) is 5.41. The van der Waals surface area contributed by atoms with Gasteiger partial charge in [0.15, 0.2) is 0 Å². The van der Waals surface area contributed by atoms with Crippen molar-refractivity contribution in [2.75, 3.05) is 11.4 Å². The van der Waals surface area contributed by atoms with Crippen LogP contribution in [0.5, 0.6) is 0 Å². The van der Waals surface area contributed by atoms with Gasteiger partial charge in [-0.05, 0) is 38.5 Å². The third kappa shape index (κ3) is 3.78. The number of aliphatic imine (C=N–C) groups is 1. The van der Waals surface area contributed by atoms with E-state index in [-0.39, 0.29) is 12.2 Å². The van der Waals surface area contributed by atoms with Gasteiger partial charge in [0, 0.05) is 17.3 Å². The lowest BCUT2D eigenvalue weighted by atomic mass is 9.94. The highest BCUT2D eigenvalue weighted by Gasteiger charge is 2.37. The molecule has 0 amide bonds. The van der Waals surface area contributed by atoms with E-state index in [2.05, 4.69) is 4.98 Å². The van der Waals surface area contributed by atoms with Crippen molar-refractivity contribution in [3.8, 4) is 0 Å². The molecular weight excluding hydrogens is 398 g/mol. The van der Waals surface area contributed by atoms with Crippen LogP contribution in [0.2, 0.25) is 0 Å². The number of fused-ring (bicyclic) bond motifs is 1. The standard InChI is InChI=1S/C19H18Cl2F3N3/c1-10-7-11(8-25-15(10)18(23)24)16-12-5-4-6-13(22)17(12)27(9-14(20)21)19(2,3)26-16/h4-8,14,18H,9H2,1-3H3. The molecule has 0 N–H and O–H groups in total. The lowest BCUT2D eigenvalue weighted by Crippen LogP contribution is -2.49. The van der Waals surface area contributed by atoms with Gasteiger partial charge < -0.3 is 4.90 Å². The summed E-state index contributed by atoms with van der Waals surface area (Å²) in [6.45, 7) is 5.37. The molecule has 0 unspecified atom stereocenters. The normalized spacial score (nSPS) is 15.9. The maximum Gasteiger partial charge on any atom is 0.280 e. The average Bonchev–Trinajstić information content (AvgIpc) is 2.56. The number of hydrogen-bond donors (Lipinski definition) is 0. The Hall–Kier alpha value is -1.79. The molecule has 1 aliphatic rings. The third-order valence-electron chi connectivity index (χ3n) is 4.48. The minimum atomic E-state index is -2.66. The minimum absolute atomic E-state index is 0.183. The summed E-state index contributed by atoms with van der Waals surface area (Å²) in [5.74, 6) is -0.434. The number of alkyl halides is 4. The molecule has 3 nitrogen and oxygen atoms in total. The van der Waals surface area contributed by atoms with Gasteiger partial charge in [0.25, 0.3) is 6.43 Å². The molecule has 0 fully saturated rings. The zero-order chi connectivity index (χ0) is 19.9. The molecule has 2 aromatic rings. The van der Waals surface area contributed by atoms with Gasteiger partial charge in [-0.2, -0.15) is 0 Å². The van der Waals surface area contributed by atoms with Crippen molar-refractivity contribution < 1.29 is 13.2 Å². The molecule has 0 bridgehead atoms. The molecule has 0 spiro atoms. The Bertz CT molecular complexity index is 898. The highest BCUT2D eigenvalue weighted by molar-refractivity contribution is 6.44. The van der Waals surface area contributed by atoms with Gasteiger partial charge in [-0.1, -0.05) is 12.1 Å². The molecular formula is C19H18Cl2F3N3. The van der Waals surface area contributed by atoms with Crippen molar-refractivity contribution in [1.29, 1.82) is 0 Å². The van der Waals surface area contributed by atoms with Crippen LogP contribution >= 0.6 is 23.2 Å². The molecule has 1 aromatic carbocycles. The number of aryl methyl sites for hydroxylation is 1. The molecule has 27 heavy (non-hydrogen) atoms. The highest BCUT2D eigenvalue weighted by atomic mass is 35.5. The number of aromatic nitrogens is 1. The second-order valence-electron chi connectivity index (χ2n) is 6.82. The van der Waals surface area contributed by atoms with Crippen LogP contribution in [0.3, 0.4) is 0 Å². The van der Waals surface area contributed by atoms with Crippen molar-refractivity contribution >= 4 is 34.6 Å². The Morgan fingerprint density at radius 3 is 2.52 bits per heavy atom. The summed E-state index contributed by atoms with van der Waals surface area (Å²) in [6, 6.07) is 6.26. The van der Waals surface area contributed by atoms with Gasteiger partial charge in [0.1, 0.15) is 22.0 Å². The SMILES string of the molecule is Cc1cc(C2=NC(C)(C)N(CC(Cl)Cl)c3c(F)cccc32)cnc1C(F)F. The Labute approximate surface area is 165 Å². The number of hydrogen-bond acceptors (Lipinski definition) is 3. The molecule has 0 saturated heterocycles. The van der Waals surface area contributed by atoms with Gasteiger partial charge >= 0.3 is 0 Å². The zero-order valence-electron chi connectivity index (χ0n) is 15.0. The molecule has 3 rings (SSSR count). The molecule has 144 valence electrons. The minimum Gasteiger partial charge on any atom is -0.342 e. The fourth-order valence-electron chi connectivity index (χ4n) is 3.26. The van der Waals surface area contributed by atoms with Crippen molar-refractivity contribution in [3.05, 3.63) is 58.7 Å².